The van der Waals surface area contributed by atoms with Gasteiger partial charge in [-0.2, -0.15) is 5.26 Å². The summed E-state index contributed by atoms with van der Waals surface area (Å²) in [5, 5.41) is 8.75. The Bertz CT molecular complexity index is 502. The quantitative estimate of drug-likeness (QED) is 0.767. The summed E-state index contributed by atoms with van der Waals surface area (Å²) in [5.74, 6) is -2.02. The molecule has 1 saturated heterocycles. The van der Waals surface area contributed by atoms with Gasteiger partial charge in [0, 0.05) is 25.1 Å². The number of carbonyl (C=O) groups is 1. The van der Waals surface area contributed by atoms with Gasteiger partial charge in [-0.25, -0.2) is 8.78 Å². The van der Waals surface area contributed by atoms with Crippen LogP contribution >= 0.6 is 0 Å². The van der Waals surface area contributed by atoms with Crippen LogP contribution in [0.1, 0.15) is 23.2 Å². The van der Waals surface area contributed by atoms with Gasteiger partial charge in [-0.05, 0) is 25.0 Å². The highest BCUT2D eigenvalue weighted by Gasteiger charge is 2.25. The molecule has 5 heteroatoms. The first-order valence-electron chi connectivity index (χ1n) is 5.75. The van der Waals surface area contributed by atoms with Crippen molar-refractivity contribution in [1.29, 1.82) is 5.26 Å². The molecule has 1 fully saturated rings. The van der Waals surface area contributed by atoms with E-state index in [0.717, 1.165) is 12.1 Å². The lowest BCUT2D eigenvalue weighted by molar-refractivity contribution is 0.0702. The van der Waals surface area contributed by atoms with Crippen LogP contribution in [0.5, 0.6) is 0 Å². The Morgan fingerprint density at radius 3 is 2.56 bits per heavy atom. The summed E-state index contributed by atoms with van der Waals surface area (Å²) in [4.78, 5) is 13.5. The molecule has 1 aliphatic rings. The van der Waals surface area contributed by atoms with Crippen molar-refractivity contribution in [2.75, 3.05) is 13.1 Å². The molecule has 0 N–H and O–H groups in total. The molecule has 2 rings (SSSR count). The van der Waals surface area contributed by atoms with Crippen molar-refractivity contribution in [3.05, 3.63) is 35.4 Å². The van der Waals surface area contributed by atoms with E-state index in [0.29, 0.717) is 32.0 Å². The number of piperidine rings is 1. The van der Waals surface area contributed by atoms with Crippen molar-refractivity contribution in [3.63, 3.8) is 0 Å². The molecule has 1 heterocycles. The molecule has 18 heavy (non-hydrogen) atoms. The lowest BCUT2D eigenvalue weighted by atomic mass is 9.98. The van der Waals surface area contributed by atoms with E-state index in [9.17, 15) is 13.6 Å². The summed E-state index contributed by atoms with van der Waals surface area (Å²) in [6.07, 6.45) is 1.20. The largest absolute Gasteiger partial charge is 0.338 e. The molecular formula is C13H12F2N2O. The first-order chi connectivity index (χ1) is 8.61. The first-order valence-corrected chi connectivity index (χ1v) is 5.75. The highest BCUT2D eigenvalue weighted by Crippen LogP contribution is 2.19. The highest BCUT2D eigenvalue weighted by molar-refractivity contribution is 5.94. The zero-order valence-electron chi connectivity index (χ0n) is 9.70. The summed E-state index contributed by atoms with van der Waals surface area (Å²) in [6, 6.07) is 5.09. The van der Waals surface area contributed by atoms with E-state index in [1.165, 1.54) is 4.90 Å². The predicted octanol–water partition coefficient (Wildman–Crippen LogP) is 2.34. The topological polar surface area (TPSA) is 44.1 Å². The average Bonchev–Trinajstić information content (AvgIpc) is 2.38. The smallest absolute Gasteiger partial charge is 0.256 e. The number of hydrogen-bond acceptors (Lipinski definition) is 2. The van der Waals surface area contributed by atoms with Gasteiger partial charge in [-0.15, -0.1) is 0 Å². The lowest BCUT2D eigenvalue weighted by Gasteiger charge is -2.29. The molecule has 1 aromatic carbocycles. The van der Waals surface area contributed by atoms with E-state index in [1.807, 2.05) is 0 Å². The number of carbonyl (C=O) groups excluding carboxylic acids is 1. The van der Waals surface area contributed by atoms with Gasteiger partial charge >= 0.3 is 0 Å². The Labute approximate surface area is 104 Å². The van der Waals surface area contributed by atoms with Gasteiger partial charge in [-0.1, -0.05) is 0 Å². The van der Waals surface area contributed by atoms with Crippen molar-refractivity contribution in [3.8, 4) is 6.07 Å². The fraction of sp³-hybridized carbons (Fsp3) is 0.385. The van der Waals surface area contributed by atoms with Gasteiger partial charge in [0.1, 0.15) is 11.6 Å². The molecule has 0 radical (unpaired) electrons. The fourth-order valence-corrected chi connectivity index (χ4v) is 2.04. The molecule has 1 aromatic rings. The van der Waals surface area contributed by atoms with Crippen LogP contribution in [0.2, 0.25) is 0 Å². The first kappa shape index (κ1) is 12.5. The maximum absolute atomic E-state index is 13.5. The number of halogens is 2. The third-order valence-electron chi connectivity index (χ3n) is 3.13. The van der Waals surface area contributed by atoms with Crippen LogP contribution < -0.4 is 0 Å². The molecule has 0 spiro atoms. The molecule has 1 amide bonds. The van der Waals surface area contributed by atoms with Crippen LogP contribution in [0.3, 0.4) is 0 Å². The summed E-state index contributed by atoms with van der Waals surface area (Å²) in [7, 11) is 0. The summed E-state index contributed by atoms with van der Waals surface area (Å²) in [5.41, 5.74) is -0.119. The standard InChI is InChI=1S/C13H12F2N2O/c14-10-1-2-11(12(15)7-10)13(18)17-5-3-9(8-16)4-6-17/h1-2,7,9H,3-6H2. The van der Waals surface area contributed by atoms with Crippen LogP contribution in [0.15, 0.2) is 18.2 Å². The molecular weight excluding hydrogens is 238 g/mol. The van der Waals surface area contributed by atoms with E-state index in [4.69, 9.17) is 5.26 Å². The number of nitrogens with zero attached hydrogens (tertiary/aromatic N) is 2. The number of benzene rings is 1. The van der Waals surface area contributed by atoms with E-state index < -0.39 is 17.5 Å². The molecule has 0 saturated carbocycles. The van der Waals surface area contributed by atoms with E-state index in [-0.39, 0.29) is 11.5 Å². The number of hydrogen-bond donors (Lipinski definition) is 0. The molecule has 1 aliphatic heterocycles. The maximum atomic E-state index is 13.5. The van der Waals surface area contributed by atoms with Crippen LogP contribution in [0.4, 0.5) is 8.78 Å². The Hall–Kier alpha value is -1.96. The van der Waals surface area contributed by atoms with Crippen LogP contribution in [0.25, 0.3) is 0 Å². The van der Waals surface area contributed by atoms with Gasteiger partial charge in [0.25, 0.3) is 5.91 Å². The second kappa shape index (κ2) is 5.13. The molecule has 0 aliphatic carbocycles. The minimum atomic E-state index is -0.845. The molecule has 94 valence electrons. The van der Waals surface area contributed by atoms with Crippen LogP contribution in [0, 0.1) is 28.9 Å². The van der Waals surface area contributed by atoms with Gasteiger partial charge in [0.2, 0.25) is 0 Å². The molecule has 0 unspecified atom stereocenters. The summed E-state index contributed by atoms with van der Waals surface area (Å²) in [6.45, 7) is 0.877. The van der Waals surface area contributed by atoms with Crippen molar-refractivity contribution < 1.29 is 13.6 Å². The van der Waals surface area contributed by atoms with Crippen molar-refractivity contribution in [1.82, 2.24) is 4.90 Å². The second-order valence-corrected chi connectivity index (χ2v) is 4.32. The molecule has 0 aromatic heterocycles. The minimum absolute atomic E-state index is 0.0351. The fourth-order valence-electron chi connectivity index (χ4n) is 2.04. The Morgan fingerprint density at radius 1 is 1.33 bits per heavy atom. The van der Waals surface area contributed by atoms with Gasteiger partial charge < -0.3 is 4.90 Å². The number of amides is 1. The normalized spacial score (nSPS) is 16.4. The number of nitriles is 1. The minimum Gasteiger partial charge on any atom is -0.338 e. The van der Waals surface area contributed by atoms with E-state index >= 15 is 0 Å². The summed E-state index contributed by atoms with van der Waals surface area (Å²) >= 11 is 0. The maximum Gasteiger partial charge on any atom is 0.256 e. The third kappa shape index (κ3) is 2.48. The SMILES string of the molecule is N#CC1CCN(C(=O)c2ccc(F)cc2F)CC1. The second-order valence-electron chi connectivity index (χ2n) is 4.32. The molecule has 0 atom stereocenters. The highest BCUT2D eigenvalue weighted by atomic mass is 19.1. The zero-order chi connectivity index (χ0) is 13.1. The van der Waals surface area contributed by atoms with Gasteiger partial charge in [-0.3, -0.25) is 4.79 Å². The Kier molecular flexibility index (Phi) is 3.56. The van der Waals surface area contributed by atoms with Gasteiger partial charge in [0.05, 0.1) is 11.6 Å². The average molecular weight is 250 g/mol. The predicted molar refractivity (Wildman–Crippen MR) is 60.6 cm³/mol. The molecule has 0 bridgehead atoms. The lowest BCUT2D eigenvalue weighted by Crippen LogP contribution is -2.38. The third-order valence-corrected chi connectivity index (χ3v) is 3.13. The monoisotopic (exact) mass is 250 g/mol. The van der Waals surface area contributed by atoms with Crippen LogP contribution in [-0.4, -0.2) is 23.9 Å². The van der Waals surface area contributed by atoms with Crippen molar-refractivity contribution in [2.24, 2.45) is 5.92 Å². The Balaban J connectivity index is 2.11. The van der Waals surface area contributed by atoms with E-state index in [1.54, 1.807) is 0 Å². The number of likely N-dealkylation sites (tertiary alicyclic amines) is 1. The summed E-state index contributed by atoms with van der Waals surface area (Å²) < 4.78 is 26.2. The number of rotatable bonds is 1. The van der Waals surface area contributed by atoms with Crippen molar-refractivity contribution >= 4 is 5.91 Å². The zero-order valence-corrected chi connectivity index (χ0v) is 9.70. The van der Waals surface area contributed by atoms with E-state index in [2.05, 4.69) is 6.07 Å². The molecule has 3 nitrogen and oxygen atoms in total. The van der Waals surface area contributed by atoms with Gasteiger partial charge in [0.15, 0.2) is 0 Å². The Morgan fingerprint density at radius 2 is 2.00 bits per heavy atom. The van der Waals surface area contributed by atoms with Crippen LogP contribution in [-0.2, 0) is 0 Å². The van der Waals surface area contributed by atoms with Crippen molar-refractivity contribution in [2.45, 2.75) is 12.8 Å².